The normalized spacial score (nSPS) is 11.2. The van der Waals surface area contributed by atoms with Crippen LogP contribution in [-0.4, -0.2) is 27.0 Å². The zero-order chi connectivity index (χ0) is 19.0. The highest BCUT2D eigenvalue weighted by Crippen LogP contribution is 2.22. The van der Waals surface area contributed by atoms with Gasteiger partial charge in [-0.2, -0.15) is 0 Å². The fourth-order valence-electron chi connectivity index (χ4n) is 3.32. The van der Waals surface area contributed by atoms with Gasteiger partial charge in [-0.25, -0.2) is 4.98 Å². The van der Waals surface area contributed by atoms with Crippen LogP contribution in [0, 0.1) is 6.92 Å². The largest absolute Gasteiger partial charge is 0.352 e. The molecule has 27 heavy (non-hydrogen) atoms. The number of hydrogen-bond donors (Lipinski definition) is 1. The van der Waals surface area contributed by atoms with Crippen LogP contribution < -0.4 is 5.32 Å². The van der Waals surface area contributed by atoms with Crippen LogP contribution in [0.2, 0.25) is 0 Å². The molecule has 5 nitrogen and oxygen atoms in total. The third-order valence-corrected chi connectivity index (χ3v) is 5.15. The second-order valence-electron chi connectivity index (χ2n) is 6.55. The van der Waals surface area contributed by atoms with E-state index in [0.717, 1.165) is 37.9 Å². The Morgan fingerprint density at radius 1 is 1.11 bits per heavy atom. The minimum absolute atomic E-state index is 0.0911. The zero-order valence-corrected chi connectivity index (χ0v) is 16.7. The van der Waals surface area contributed by atoms with Crippen molar-refractivity contribution < 1.29 is 4.79 Å². The molecule has 6 heteroatoms. The maximum atomic E-state index is 12.8. The van der Waals surface area contributed by atoms with Crippen LogP contribution in [-0.2, 0) is 13.5 Å². The molecule has 136 valence electrons. The fraction of sp³-hybridized carbons (Fsp3) is 0.190. The number of carbonyl (C=O) groups is 1. The van der Waals surface area contributed by atoms with E-state index in [4.69, 9.17) is 0 Å². The van der Waals surface area contributed by atoms with Crippen LogP contribution in [0.3, 0.4) is 0 Å². The second-order valence-corrected chi connectivity index (χ2v) is 7.47. The number of nitrogens with one attached hydrogen (secondary N) is 1. The minimum Gasteiger partial charge on any atom is -0.352 e. The average molecular weight is 423 g/mol. The van der Waals surface area contributed by atoms with Gasteiger partial charge in [0.05, 0.1) is 22.1 Å². The number of fused-ring (bicyclic) bond motifs is 2. The lowest BCUT2D eigenvalue weighted by atomic mass is 10.1. The first-order chi connectivity index (χ1) is 13.0. The van der Waals surface area contributed by atoms with Crippen LogP contribution in [0.1, 0.15) is 21.9 Å². The Balaban J connectivity index is 1.53. The van der Waals surface area contributed by atoms with Crippen LogP contribution >= 0.6 is 15.9 Å². The van der Waals surface area contributed by atoms with E-state index >= 15 is 0 Å². The van der Waals surface area contributed by atoms with Gasteiger partial charge < -0.3 is 9.88 Å². The molecule has 0 atom stereocenters. The summed E-state index contributed by atoms with van der Waals surface area (Å²) in [6, 6.07) is 15.7. The molecule has 2 heterocycles. The summed E-state index contributed by atoms with van der Waals surface area (Å²) in [7, 11) is 2.00. The predicted molar refractivity (Wildman–Crippen MR) is 111 cm³/mol. The number of para-hydroxylation sites is 2. The van der Waals surface area contributed by atoms with Gasteiger partial charge in [0.25, 0.3) is 5.91 Å². The Labute approximate surface area is 165 Å². The number of rotatable bonds is 4. The Hall–Kier alpha value is -2.73. The van der Waals surface area contributed by atoms with E-state index < -0.39 is 0 Å². The van der Waals surface area contributed by atoms with Crippen LogP contribution in [0.15, 0.2) is 53.0 Å². The number of hydrogen-bond acceptors (Lipinski definition) is 3. The molecule has 0 unspecified atom stereocenters. The Morgan fingerprint density at radius 2 is 1.93 bits per heavy atom. The molecule has 2 aromatic heterocycles. The summed E-state index contributed by atoms with van der Waals surface area (Å²) in [5.41, 5.74) is 4.35. The molecule has 0 saturated carbocycles. The van der Waals surface area contributed by atoms with Gasteiger partial charge >= 0.3 is 0 Å². The molecule has 2 aromatic carbocycles. The molecule has 0 aliphatic rings. The van der Waals surface area contributed by atoms with Crippen molar-refractivity contribution >= 4 is 43.8 Å². The van der Waals surface area contributed by atoms with Gasteiger partial charge in [0.15, 0.2) is 0 Å². The van der Waals surface area contributed by atoms with Gasteiger partial charge in [0, 0.05) is 35.6 Å². The van der Waals surface area contributed by atoms with E-state index in [0.29, 0.717) is 18.5 Å². The highest BCUT2D eigenvalue weighted by Gasteiger charge is 2.13. The molecular weight excluding hydrogens is 404 g/mol. The van der Waals surface area contributed by atoms with Gasteiger partial charge in [-0.15, -0.1) is 0 Å². The Morgan fingerprint density at radius 3 is 2.74 bits per heavy atom. The molecule has 1 amide bonds. The lowest BCUT2D eigenvalue weighted by Gasteiger charge is -2.09. The molecule has 0 bridgehead atoms. The summed E-state index contributed by atoms with van der Waals surface area (Å²) in [4.78, 5) is 21.9. The number of nitrogens with zero attached hydrogens (tertiary/aromatic N) is 3. The van der Waals surface area contributed by atoms with Gasteiger partial charge in [-0.3, -0.25) is 9.78 Å². The summed E-state index contributed by atoms with van der Waals surface area (Å²) in [5, 5.41) is 3.87. The van der Waals surface area contributed by atoms with Crippen LogP contribution in [0.5, 0.6) is 0 Å². The van der Waals surface area contributed by atoms with E-state index in [1.165, 1.54) is 0 Å². The number of pyridine rings is 1. The molecule has 4 rings (SSSR count). The number of imidazole rings is 1. The number of carbonyl (C=O) groups excluding carboxylic acids is 1. The molecule has 0 spiro atoms. The molecule has 1 N–H and O–H groups in total. The van der Waals surface area contributed by atoms with E-state index in [9.17, 15) is 4.79 Å². The average Bonchev–Trinajstić information content (AvgIpc) is 2.97. The molecule has 0 radical (unpaired) electrons. The molecule has 0 saturated heterocycles. The maximum absolute atomic E-state index is 12.8. The standard InChI is InChI=1S/C21H19BrN4O/c1-13-11-16(15-8-7-14(22)12-18(15)24-13)21(27)23-10-9-20-25-17-5-3-4-6-19(17)26(20)2/h3-8,11-12H,9-10H2,1-2H3,(H,23,27). The van der Waals surface area contributed by atoms with Crippen molar-refractivity contribution in [1.29, 1.82) is 0 Å². The maximum Gasteiger partial charge on any atom is 0.252 e. The van der Waals surface area contributed by atoms with Crippen molar-refractivity contribution in [1.82, 2.24) is 19.9 Å². The third kappa shape index (κ3) is 3.45. The van der Waals surface area contributed by atoms with Crippen molar-refractivity contribution in [2.45, 2.75) is 13.3 Å². The first kappa shape index (κ1) is 17.7. The highest BCUT2D eigenvalue weighted by molar-refractivity contribution is 9.10. The molecule has 0 fully saturated rings. The Kier molecular flexibility index (Phi) is 4.66. The minimum atomic E-state index is -0.0911. The molecule has 0 aliphatic heterocycles. The summed E-state index contributed by atoms with van der Waals surface area (Å²) < 4.78 is 3.02. The summed E-state index contributed by atoms with van der Waals surface area (Å²) in [6.07, 6.45) is 0.671. The van der Waals surface area contributed by atoms with Crippen molar-refractivity contribution in [3.8, 4) is 0 Å². The third-order valence-electron chi connectivity index (χ3n) is 4.66. The molecule has 0 aliphatic carbocycles. The fourth-order valence-corrected chi connectivity index (χ4v) is 3.67. The summed E-state index contributed by atoms with van der Waals surface area (Å²) >= 11 is 3.46. The summed E-state index contributed by atoms with van der Waals surface area (Å²) in [5.74, 6) is 0.864. The SMILES string of the molecule is Cc1cc(C(=O)NCCc2nc3ccccc3n2C)c2ccc(Br)cc2n1. The van der Waals surface area contributed by atoms with Gasteiger partial charge in [-0.1, -0.05) is 34.1 Å². The lowest BCUT2D eigenvalue weighted by Crippen LogP contribution is -2.26. The van der Waals surface area contributed by atoms with Crippen LogP contribution in [0.25, 0.3) is 21.9 Å². The quantitative estimate of drug-likeness (QED) is 0.536. The summed E-state index contributed by atoms with van der Waals surface area (Å²) in [6.45, 7) is 2.42. The van der Waals surface area contributed by atoms with Crippen molar-refractivity contribution in [3.05, 3.63) is 70.1 Å². The van der Waals surface area contributed by atoms with Crippen molar-refractivity contribution in [2.75, 3.05) is 6.54 Å². The monoisotopic (exact) mass is 422 g/mol. The molecular formula is C21H19BrN4O. The highest BCUT2D eigenvalue weighted by atomic mass is 79.9. The number of aryl methyl sites for hydroxylation is 2. The smallest absolute Gasteiger partial charge is 0.252 e. The zero-order valence-electron chi connectivity index (χ0n) is 15.2. The van der Waals surface area contributed by atoms with Gasteiger partial charge in [0.1, 0.15) is 5.82 Å². The van der Waals surface area contributed by atoms with Crippen LogP contribution in [0.4, 0.5) is 0 Å². The van der Waals surface area contributed by atoms with Crippen molar-refractivity contribution in [2.24, 2.45) is 7.05 Å². The first-order valence-corrected chi connectivity index (χ1v) is 9.57. The van der Waals surface area contributed by atoms with Crippen molar-refractivity contribution in [3.63, 3.8) is 0 Å². The van der Waals surface area contributed by atoms with Gasteiger partial charge in [0.2, 0.25) is 0 Å². The topological polar surface area (TPSA) is 59.8 Å². The number of aromatic nitrogens is 3. The Bertz CT molecular complexity index is 1160. The van der Waals surface area contributed by atoms with E-state index in [2.05, 4.69) is 41.8 Å². The predicted octanol–water partition coefficient (Wildman–Crippen LogP) is 4.16. The second kappa shape index (κ2) is 7.12. The van der Waals surface area contributed by atoms with Gasteiger partial charge in [-0.05, 0) is 37.3 Å². The molecule has 4 aromatic rings. The first-order valence-electron chi connectivity index (χ1n) is 8.78. The number of benzene rings is 2. The number of amides is 1. The lowest BCUT2D eigenvalue weighted by molar-refractivity contribution is 0.0955. The van der Waals surface area contributed by atoms with E-state index in [-0.39, 0.29) is 5.91 Å². The number of halogens is 1. The van der Waals surface area contributed by atoms with E-state index in [1.54, 1.807) is 0 Å². The van der Waals surface area contributed by atoms with E-state index in [1.807, 2.05) is 56.4 Å².